The molecule has 0 radical (unpaired) electrons. The summed E-state index contributed by atoms with van der Waals surface area (Å²) in [6, 6.07) is 18.4. The SMILES string of the molecule is CC1C(=O)N(c2ccc3c(cnn3-c3ccc(F)cc3)c2)C(c2ccccc2Cl)[C@H]1NC(=O)C1CC1. The lowest BCUT2D eigenvalue weighted by Gasteiger charge is -2.30. The van der Waals surface area contributed by atoms with E-state index in [9.17, 15) is 14.0 Å². The van der Waals surface area contributed by atoms with Crippen molar-refractivity contribution in [3.63, 3.8) is 0 Å². The minimum atomic E-state index is -0.450. The molecular formula is C28H24ClFN4O2. The van der Waals surface area contributed by atoms with Gasteiger partial charge >= 0.3 is 0 Å². The molecule has 0 spiro atoms. The van der Waals surface area contributed by atoms with Crippen molar-refractivity contribution in [2.75, 3.05) is 4.90 Å². The van der Waals surface area contributed by atoms with E-state index in [4.69, 9.17) is 11.6 Å². The Morgan fingerprint density at radius 2 is 1.78 bits per heavy atom. The van der Waals surface area contributed by atoms with Gasteiger partial charge in [0.15, 0.2) is 0 Å². The fourth-order valence-corrected chi connectivity index (χ4v) is 5.32. The van der Waals surface area contributed by atoms with Gasteiger partial charge in [-0.25, -0.2) is 9.07 Å². The van der Waals surface area contributed by atoms with E-state index >= 15 is 0 Å². The maximum Gasteiger partial charge on any atom is 0.232 e. The molecule has 2 amide bonds. The summed E-state index contributed by atoms with van der Waals surface area (Å²) in [6.07, 6.45) is 3.50. The summed E-state index contributed by atoms with van der Waals surface area (Å²) in [6.45, 7) is 1.86. The zero-order chi connectivity index (χ0) is 25.0. The number of nitrogens with one attached hydrogen (secondary N) is 1. The van der Waals surface area contributed by atoms with Gasteiger partial charge in [-0.1, -0.05) is 36.7 Å². The molecule has 2 aliphatic rings. The summed E-state index contributed by atoms with van der Waals surface area (Å²) >= 11 is 6.62. The molecule has 2 fully saturated rings. The van der Waals surface area contributed by atoms with Gasteiger partial charge in [-0.2, -0.15) is 5.10 Å². The number of amides is 2. The molecule has 6 rings (SSSR count). The lowest BCUT2D eigenvalue weighted by molar-refractivity contribution is -0.123. The van der Waals surface area contributed by atoms with Crippen molar-refractivity contribution in [1.82, 2.24) is 15.1 Å². The molecule has 182 valence electrons. The van der Waals surface area contributed by atoms with E-state index in [0.29, 0.717) is 10.7 Å². The molecule has 36 heavy (non-hydrogen) atoms. The van der Waals surface area contributed by atoms with Crippen molar-refractivity contribution in [3.05, 3.63) is 89.3 Å². The molecule has 1 aromatic heterocycles. The van der Waals surface area contributed by atoms with Gasteiger partial charge < -0.3 is 10.2 Å². The number of carbonyl (C=O) groups is 2. The van der Waals surface area contributed by atoms with Gasteiger partial charge in [0.25, 0.3) is 0 Å². The molecule has 2 heterocycles. The Labute approximate surface area is 212 Å². The number of hydrogen-bond acceptors (Lipinski definition) is 3. The second kappa shape index (κ2) is 8.75. The largest absolute Gasteiger partial charge is 0.350 e. The van der Waals surface area contributed by atoms with Gasteiger partial charge in [-0.3, -0.25) is 9.59 Å². The standard InChI is InChI=1S/C28H24ClFN4O2/c1-16-25(32-27(35)17-6-7-17)26(22-4-2-3-5-23(22)29)33(28(16)36)21-12-13-24-18(14-21)15-31-34(24)20-10-8-19(30)9-11-20/h2-5,8-17,25-26H,6-7H2,1H3,(H,32,35)/t16?,25-,26?/m0/s1. The number of anilines is 1. The quantitative estimate of drug-likeness (QED) is 0.395. The maximum absolute atomic E-state index is 13.6. The van der Waals surface area contributed by atoms with Crippen molar-refractivity contribution < 1.29 is 14.0 Å². The summed E-state index contributed by atoms with van der Waals surface area (Å²) in [4.78, 5) is 28.1. The highest BCUT2D eigenvalue weighted by molar-refractivity contribution is 6.31. The van der Waals surface area contributed by atoms with Gasteiger partial charge in [-0.15, -0.1) is 0 Å². The Balaban J connectivity index is 1.42. The third-order valence-corrected chi connectivity index (χ3v) is 7.51. The summed E-state index contributed by atoms with van der Waals surface area (Å²) in [5.41, 5.74) is 3.06. The first-order chi connectivity index (χ1) is 17.4. The predicted molar refractivity (Wildman–Crippen MR) is 137 cm³/mol. The summed E-state index contributed by atoms with van der Waals surface area (Å²) < 4.78 is 15.1. The molecule has 1 N–H and O–H groups in total. The zero-order valence-electron chi connectivity index (χ0n) is 19.6. The molecule has 0 bridgehead atoms. The third kappa shape index (κ3) is 3.84. The fourth-order valence-electron chi connectivity index (χ4n) is 5.07. The molecule has 1 saturated heterocycles. The molecule has 4 aromatic rings. The average Bonchev–Trinajstić information content (AvgIpc) is 3.61. The van der Waals surface area contributed by atoms with Crippen LogP contribution in [-0.4, -0.2) is 27.6 Å². The van der Waals surface area contributed by atoms with E-state index in [1.165, 1.54) is 12.1 Å². The highest BCUT2D eigenvalue weighted by atomic mass is 35.5. The van der Waals surface area contributed by atoms with Crippen LogP contribution >= 0.6 is 11.6 Å². The third-order valence-electron chi connectivity index (χ3n) is 7.17. The van der Waals surface area contributed by atoms with Crippen LogP contribution in [0.4, 0.5) is 10.1 Å². The number of fused-ring (bicyclic) bond motifs is 1. The van der Waals surface area contributed by atoms with Crippen molar-refractivity contribution in [2.45, 2.75) is 31.8 Å². The van der Waals surface area contributed by atoms with Crippen LogP contribution in [0.15, 0.2) is 72.9 Å². The number of aromatic nitrogens is 2. The van der Waals surface area contributed by atoms with Crippen LogP contribution in [0.5, 0.6) is 0 Å². The first-order valence-corrected chi connectivity index (χ1v) is 12.4. The zero-order valence-corrected chi connectivity index (χ0v) is 20.3. The summed E-state index contributed by atoms with van der Waals surface area (Å²) in [5, 5.41) is 9.02. The lowest BCUT2D eigenvalue weighted by Crippen LogP contribution is -2.42. The Kier molecular flexibility index (Phi) is 5.52. The van der Waals surface area contributed by atoms with Gasteiger partial charge in [0, 0.05) is 22.0 Å². The van der Waals surface area contributed by atoms with E-state index in [1.54, 1.807) is 34.0 Å². The van der Waals surface area contributed by atoms with E-state index < -0.39 is 18.0 Å². The Morgan fingerprint density at radius 3 is 2.50 bits per heavy atom. The molecule has 3 atom stereocenters. The smallest absolute Gasteiger partial charge is 0.232 e. The topological polar surface area (TPSA) is 67.2 Å². The fraction of sp³-hybridized carbons (Fsp3) is 0.250. The number of carbonyl (C=O) groups excluding carboxylic acids is 2. The number of rotatable bonds is 5. The maximum atomic E-state index is 13.6. The molecule has 3 aromatic carbocycles. The van der Waals surface area contributed by atoms with E-state index in [-0.39, 0.29) is 23.5 Å². The molecule has 8 heteroatoms. The normalized spacial score (nSPS) is 21.8. The van der Waals surface area contributed by atoms with Crippen LogP contribution in [-0.2, 0) is 9.59 Å². The monoisotopic (exact) mass is 502 g/mol. The van der Waals surface area contributed by atoms with E-state index in [2.05, 4.69) is 10.4 Å². The molecule has 6 nitrogen and oxygen atoms in total. The minimum Gasteiger partial charge on any atom is -0.350 e. The molecular weight excluding hydrogens is 479 g/mol. The Morgan fingerprint density at radius 1 is 1.06 bits per heavy atom. The highest BCUT2D eigenvalue weighted by Gasteiger charge is 2.49. The van der Waals surface area contributed by atoms with E-state index in [1.807, 2.05) is 43.3 Å². The first kappa shape index (κ1) is 22.7. The second-order valence-corrected chi connectivity index (χ2v) is 9.96. The van der Waals surface area contributed by atoms with Crippen LogP contribution < -0.4 is 10.2 Å². The Bertz CT molecular complexity index is 1480. The lowest BCUT2D eigenvalue weighted by atomic mass is 9.94. The van der Waals surface area contributed by atoms with Crippen molar-refractivity contribution in [1.29, 1.82) is 0 Å². The van der Waals surface area contributed by atoms with Crippen molar-refractivity contribution >= 4 is 40.0 Å². The van der Waals surface area contributed by atoms with Crippen molar-refractivity contribution in [2.24, 2.45) is 11.8 Å². The Hall–Kier alpha value is -3.71. The predicted octanol–water partition coefficient (Wildman–Crippen LogP) is 5.44. The van der Waals surface area contributed by atoms with Crippen LogP contribution in [0, 0.1) is 17.7 Å². The first-order valence-electron chi connectivity index (χ1n) is 12.0. The second-order valence-electron chi connectivity index (χ2n) is 9.55. The van der Waals surface area contributed by atoms with E-state index in [0.717, 1.165) is 35.0 Å². The average molecular weight is 503 g/mol. The van der Waals surface area contributed by atoms with Crippen LogP contribution in [0.2, 0.25) is 5.02 Å². The van der Waals surface area contributed by atoms with Gasteiger partial charge in [0.1, 0.15) is 5.82 Å². The molecule has 1 aliphatic heterocycles. The summed E-state index contributed by atoms with van der Waals surface area (Å²) in [5.74, 6) is -0.789. The van der Waals surface area contributed by atoms with Crippen LogP contribution in [0.3, 0.4) is 0 Å². The van der Waals surface area contributed by atoms with Gasteiger partial charge in [0.05, 0.1) is 35.4 Å². The van der Waals surface area contributed by atoms with Gasteiger partial charge in [0.2, 0.25) is 11.8 Å². The number of hydrogen-bond donors (Lipinski definition) is 1. The summed E-state index contributed by atoms with van der Waals surface area (Å²) in [7, 11) is 0. The number of halogens is 2. The van der Waals surface area contributed by atoms with Gasteiger partial charge in [-0.05, 0) is 66.9 Å². The molecule has 1 aliphatic carbocycles. The molecule has 2 unspecified atom stereocenters. The highest BCUT2D eigenvalue weighted by Crippen LogP contribution is 2.43. The molecule has 1 saturated carbocycles. The van der Waals surface area contributed by atoms with Crippen molar-refractivity contribution in [3.8, 4) is 5.69 Å². The van der Waals surface area contributed by atoms with Crippen LogP contribution in [0.25, 0.3) is 16.6 Å². The minimum absolute atomic E-state index is 0.00502. The number of benzene rings is 3. The number of nitrogens with zero attached hydrogens (tertiary/aromatic N) is 3. The van der Waals surface area contributed by atoms with Crippen LogP contribution in [0.1, 0.15) is 31.4 Å².